The molecule has 2 unspecified atom stereocenters. The quantitative estimate of drug-likeness (QED) is 0.657. The number of rotatable bonds is 3. The molecule has 2 aromatic carbocycles. The molecular weight excluding hydrogens is 352 g/mol. The number of nitrogens with zero attached hydrogens (tertiary/aromatic N) is 1. The Hall–Kier alpha value is -2.95. The Morgan fingerprint density at radius 3 is 2.68 bits per heavy atom. The third kappa shape index (κ3) is 2.65. The lowest BCUT2D eigenvalue weighted by atomic mass is 9.76. The van der Waals surface area contributed by atoms with Gasteiger partial charge in [-0.25, -0.2) is 4.79 Å². The Morgan fingerprint density at radius 1 is 1.14 bits per heavy atom. The Morgan fingerprint density at radius 2 is 1.89 bits per heavy atom. The second-order valence-corrected chi connectivity index (χ2v) is 7.88. The van der Waals surface area contributed by atoms with Crippen molar-refractivity contribution in [2.45, 2.75) is 51.6 Å². The summed E-state index contributed by atoms with van der Waals surface area (Å²) < 4.78 is 0. The van der Waals surface area contributed by atoms with Crippen LogP contribution >= 0.6 is 0 Å². The first-order valence-electron chi connectivity index (χ1n) is 9.71. The molecule has 1 aliphatic carbocycles. The number of hydrogen-bond acceptors (Lipinski definition) is 3. The predicted octanol–water partition coefficient (Wildman–Crippen LogP) is 3.66. The second-order valence-electron chi connectivity index (χ2n) is 7.88. The molecule has 4 rings (SSSR count). The van der Waals surface area contributed by atoms with Gasteiger partial charge in [0.15, 0.2) is 5.78 Å². The van der Waals surface area contributed by atoms with Gasteiger partial charge in [0.1, 0.15) is 11.6 Å². The zero-order valence-electron chi connectivity index (χ0n) is 16.4. The van der Waals surface area contributed by atoms with Crippen molar-refractivity contribution < 1.29 is 14.4 Å². The van der Waals surface area contributed by atoms with E-state index in [0.717, 1.165) is 40.0 Å². The lowest BCUT2D eigenvalue weighted by Gasteiger charge is -2.33. The fourth-order valence-corrected chi connectivity index (χ4v) is 4.47. The maximum atomic E-state index is 13.5. The third-order valence-corrected chi connectivity index (χ3v) is 6.02. The molecule has 28 heavy (non-hydrogen) atoms. The molecule has 2 aromatic rings. The van der Waals surface area contributed by atoms with Crippen molar-refractivity contribution in [1.29, 1.82) is 0 Å². The van der Waals surface area contributed by atoms with E-state index < -0.39 is 17.6 Å². The molecule has 144 valence electrons. The van der Waals surface area contributed by atoms with Gasteiger partial charge in [0.05, 0.1) is 0 Å². The van der Waals surface area contributed by atoms with Crippen LogP contribution in [0.4, 0.5) is 4.79 Å². The summed E-state index contributed by atoms with van der Waals surface area (Å²) in [5, 5.41) is 2.92. The van der Waals surface area contributed by atoms with Crippen LogP contribution in [0.1, 0.15) is 52.4 Å². The van der Waals surface area contributed by atoms with E-state index in [2.05, 4.69) is 5.32 Å². The van der Waals surface area contributed by atoms with E-state index in [-0.39, 0.29) is 11.7 Å². The number of carbonyl (C=O) groups is 3. The van der Waals surface area contributed by atoms with Crippen LogP contribution in [0.3, 0.4) is 0 Å². The maximum Gasteiger partial charge on any atom is 0.325 e. The maximum absolute atomic E-state index is 13.5. The molecule has 0 saturated carbocycles. The fourth-order valence-electron chi connectivity index (χ4n) is 4.47. The van der Waals surface area contributed by atoms with Crippen LogP contribution in [-0.2, 0) is 16.8 Å². The number of ketones is 1. The van der Waals surface area contributed by atoms with E-state index in [1.165, 1.54) is 0 Å². The molecule has 1 fully saturated rings. The standard InChI is InChI=1S/C23H24N2O3/c1-14-10-11-15(2)18(13-14)20(26)16(3)25-21(27)23(24-22(25)28)12-6-8-17-7-4-5-9-19(17)23/h4-5,7,9-11,13,16H,6,8,12H2,1-3H3,(H,24,28). The summed E-state index contributed by atoms with van der Waals surface area (Å²) in [6, 6.07) is 12.0. The molecule has 1 spiro atoms. The minimum Gasteiger partial charge on any atom is -0.319 e. The third-order valence-electron chi connectivity index (χ3n) is 6.02. The molecule has 1 heterocycles. The SMILES string of the molecule is Cc1ccc(C)c(C(=O)C(C)N2C(=O)NC3(CCCc4ccccc43)C2=O)c1. The van der Waals surface area contributed by atoms with Crippen LogP contribution in [0.15, 0.2) is 42.5 Å². The summed E-state index contributed by atoms with van der Waals surface area (Å²) in [5.74, 6) is -0.540. The van der Waals surface area contributed by atoms with Gasteiger partial charge in [0.2, 0.25) is 0 Å². The number of carbonyl (C=O) groups excluding carboxylic acids is 3. The molecular formula is C23H24N2O3. The van der Waals surface area contributed by atoms with Crippen molar-refractivity contribution in [1.82, 2.24) is 10.2 Å². The van der Waals surface area contributed by atoms with E-state index >= 15 is 0 Å². The van der Waals surface area contributed by atoms with Gasteiger partial charge in [0, 0.05) is 5.56 Å². The summed E-state index contributed by atoms with van der Waals surface area (Å²) in [5.41, 5.74) is 3.25. The van der Waals surface area contributed by atoms with Gasteiger partial charge in [0.25, 0.3) is 5.91 Å². The van der Waals surface area contributed by atoms with Gasteiger partial charge in [-0.15, -0.1) is 0 Å². The van der Waals surface area contributed by atoms with Gasteiger partial charge >= 0.3 is 6.03 Å². The van der Waals surface area contributed by atoms with Crippen LogP contribution in [0.5, 0.6) is 0 Å². The van der Waals surface area contributed by atoms with Crippen LogP contribution in [0.25, 0.3) is 0 Å². The topological polar surface area (TPSA) is 66.5 Å². The van der Waals surface area contributed by atoms with Crippen molar-refractivity contribution in [3.8, 4) is 0 Å². The van der Waals surface area contributed by atoms with Gasteiger partial charge in [-0.1, -0.05) is 42.0 Å². The van der Waals surface area contributed by atoms with Crippen LogP contribution < -0.4 is 5.32 Å². The average molecular weight is 376 g/mol. The fraction of sp³-hybridized carbons (Fsp3) is 0.348. The summed E-state index contributed by atoms with van der Waals surface area (Å²) in [7, 11) is 0. The van der Waals surface area contributed by atoms with Crippen LogP contribution in [-0.4, -0.2) is 28.7 Å². The largest absolute Gasteiger partial charge is 0.325 e. The molecule has 0 aromatic heterocycles. The van der Waals surface area contributed by atoms with E-state index in [1.807, 2.05) is 56.3 Å². The van der Waals surface area contributed by atoms with Crippen molar-refractivity contribution in [2.75, 3.05) is 0 Å². The Labute approximate surface area is 164 Å². The Bertz CT molecular complexity index is 997. The highest BCUT2D eigenvalue weighted by Crippen LogP contribution is 2.40. The molecule has 2 atom stereocenters. The number of imide groups is 1. The van der Waals surface area contributed by atoms with E-state index in [4.69, 9.17) is 0 Å². The van der Waals surface area contributed by atoms with Gasteiger partial charge in [-0.05, 0) is 62.8 Å². The first kappa shape index (κ1) is 18.4. The predicted molar refractivity (Wildman–Crippen MR) is 106 cm³/mol. The van der Waals surface area contributed by atoms with Crippen molar-refractivity contribution in [3.63, 3.8) is 0 Å². The average Bonchev–Trinajstić information content (AvgIpc) is 2.93. The van der Waals surface area contributed by atoms with E-state index in [0.29, 0.717) is 12.0 Å². The second kappa shape index (κ2) is 6.59. The number of Topliss-reactive ketones (excluding diaryl/α,β-unsaturated/α-hetero) is 1. The molecule has 3 amide bonds. The summed E-state index contributed by atoms with van der Waals surface area (Å²) in [4.78, 5) is 40.6. The highest BCUT2D eigenvalue weighted by molar-refractivity contribution is 6.13. The van der Waals surface area contributed by atoms with Gasteiger partial charge < -0.3 is 5.32 Å². The zero-order valence-corrected chi connectivity index (χ0v) is 16.4. The molecule has 1 saturated heterocycles. The summed E-state index contributed by atoms with van der Waals surface area (Å²) in [6.07, 6.45) is 2.25. The first-order valence-corrected chi connectivity index (χ1v) is 9.71. The van der Waals surface area contributed by atoms with Gasteiger partial charge in [-0.2, -0.15) is 0 Å². The highest BCUT2D eigenvalue weighted by atomic mass is 16.2. The highest BCUT2D eigenvalue weighted by Gasteiger charge is 2.55. The number of nitrogens with one attached hydrogen (secondary N) is 1. The molecule has 2 aliphatic rings. The Kier molecular flexibility index (Phi) is 4.33. The first-order chi connectivity index (χ1) is 13.3. The van der Waals surface area contributed by atoms with Crippen molar-refractivity contribution in [2.24, 2.45) is 0 Å². The van der Waals surface area contributed by atoms with Crippen LogP contribution in [0.2, 0.25) is 0 Å². The zero-order chi connectivity index (χ0) is 20.1. The number of fused-ring (bicyclic) bond motifs is 2. The molecule has 0 radical (unpaired) electrons. The number of amides is 3. The van der Waals surface area contributed by atoms with Gasteiger partial charge in [-0.3, -0.25) is 14.5 Å². The minimum atomic E-state index is -1.05. The molecule has 5 nitrogen and oxygen atoms in total. The number of benzene rings is 2. The molecule has 0 bridgehead atoms. The molecule has 1 aliphatic heterocycles. The number of hydrogen-bond donors (Lipinski definition) is 1. The molecule has 5 heteroatoms. The lowest BCUT2D eigenvalue weighted by Crippen LogP contribution is -2.48. The Balaban J connectivity index is 1.71. The normalized spacial score (nSPS) is 22.2. The van der Waals surface area contributed by atoms with E-state index in [9.17, 15) is 14.4 Å². The smallest absolute Gasteiger partial charge is 0.319 e. The van der Waals surface area contributed by atoms with E-state index in [1.54, 1.807) is 6.92 Å². The minimum absolute atomic E-state index is 0.217. The number of aryl methyl sites for hydroxylation is 3. The van der Waals surface area contributed by atoms with Crippen molar-refractivity contribution in [3.05, 3.63) is 70.3 Å². The summed E-state index contributed by atoms with van der Waals surface area (Å²) in [6.45, 7) is 5.42. The lowest BCUT2D eigenvalue weighted by molar-refractivity contribution is -0.133. The monoisotopic (exact) mass is 376 g/mol. The van der Waals surface area contributed by atoms with Crippen LogP contribution in [0, 0.1) is 13.8 Å². The van der Waals surface area contributed by atoms with Crippen molar-refractivity contribution >= 4 is 17.7 Å². The summed E-state index contributed by atoms with van der Waals surface area (Å²) >= 11 is 0. The molecule has 1 N–H and O–H groups in total. The number of urea groups is 1.